The van der Waals surface area contributed by atoms with E-state index in [1.165, 1.54) is 0 Å². The number of benzene rings is 1. The summed E-state index contributed by atoms with van der Waals surface area (Å²) in [5, 5.41) is 9.21. The van der Waals surface area contributed by atoms with Crippen molar-refractivity contribution >= 4 is 11.9 Å². The van der Waals surface area contributed by atoms with Gasteiger partial charge in [-0.3, -0.25) is 9.59 Å². The van der Waals surface area contributed by atoms with Gasteiger partial charge < -0.3 is 15.7 Å². The molecule has 0 aromatic heterocycles. The SMILES string of the molecule is CC1(C(=O)O)CCN(C(=O)c2ccc(CCN)cc2)CC1. The first-order valence-corrected chi connectivity index (χ1v) is 7.28. The summed E-state index contributed by atoms with van der Waals surface area (Å²) in [7, 11) is 0. The molecule has 0 aliphatic carbocycles. The van der Waals surface area contributed by atoms with Crippen LogP contribution < -0.4 is 5.73 Å². The molecular weight excluding hydrogens is 268 g/mol. The summed E-state index contributed by atoms with van der Waals surface area (Å²) in [6.45, 7) is 3.32. The van der Waals surface area contributed by atoms with E-state index in [4.69, 9.17) is 5.73 Å². The molecule has 1 amide bonds. The van der Waals surface area contributed by atoms with E-state index in [2.05, 4.69) is 0 Å². The molecule has 0 radical (unpaired) electrons. The van der Waals surface area contributed by atoms with Crippen molar-refractivity contribution in [2.45, 2.75) is 26.2 Å². The maximum absolute atomic E-state index is 12.4. The lowest BCUT2D eigenvalue weighted by Gasteiger charge is -2.36. The van der Waals surface area contributed by atoms with E-state index in [1.54, 1.807) is 11.8 Å². The minimum Gasteiger partial charge on any atom is -0.481 e. The number of rotatable bonds is 4. The number of aliphatic carboxylic acids is 1. The average Bonchev–Trinajstić information content (AvgIpc) is 2.48. The standard InChI is InChI=1S/C16H22N2O3/c1-16(15(20)21)7-10-18(11-8-16)14(19)13-4-2-12(3-5-13)6-9-17/h2-5H,6-11,17H2,1H3,(H,20,21). The molecule has 0 bridgehead atoms. The Morgan fingerprint density at radius 2 is 1.81 bits per heavy atom. The van der Waals surface area contributed by atoms with Crippen LogP contribution in [0.3, 0.4) is 0 Å². The fourth-order valence-electron chi connectivity index (χ4n) is 2.58. The van der Waals surface area contributed by atoms with Crippen LogP contribution in [0.2, 0.25) is 0 Å². The average molecular weight is 290 g/mol. The summed E-state index contributed by atoms with van der Waals surface area (Å²) in [5.41, 5.74) is 6.56. The van der Waals surface area contributed by atoms with E-state index in [9.17, 15) is 14.7 Å². The zero-order chi connectivity index (χ0) is 15.5. The van der Waals surface area contributed by atoms with Crippen LogP contribution in [0, 0.1) is 5.41 Å². The summed E-state index contributed by atoms with van der Waals surface area (Å²) in [6, 6.07) is 7.48. The first-order chi connectivity index (χ1) is 9.96. The van der Waals surface area contributed by atoms with E-state index in [0.29, 0.717) is 38.0 Å². The Labute approximate surface area is 124 Å². The molecule has 1 aliphatic heterocycles. The van der Waals surface area contributed by atoms with Gasteiger partial charge in [0.1, 0.15) is 0 Å². The van der Waals surface area contributed by atoms with Gasteiger partial charge in [0.05, 0.1) is 5.41 Å². The first kappa shape index (κ1) is 15.5. The number of carboxylic acids is 1. The quantitative estimate of drug-likeness (QED) is 0.880. The molecule has 1 aliphatic rings. The highest BCUT2D eigenvalue weighted by atomic mass is 16.4. The molecule has 1 aromatic rings. The Bertz CT molecular complexity index is 517. The molecule has 1 aromatic carbocycles. The third kappa shape index (κ3) is 3.42. The van der Waals surface area contributed by atoms with Crippen molar-refractivity contribution in [3.05, 3.63) is 35.4 Å². The second kappa shape index (κ2) is 6.26. The second-order valence-electron chi connectivity index (χ2n) is 5.89. The number of carbonyl (C=O) groups is 2. The van der Waals surface area contributed by atoms with Gasteiger partial charge in [0.15, 0.2) is 0 Å². The smallest absolute Gasteiger partial charge is 0.309 e. The Morgan fingerprint density at radius 1 is 1.24 bits per heavy atom. The monoisotopic (exact) mass is 290 g/mol. The molecule has 0 saturated carbocycles. The third-order valence-corrected chi connectivity index (χ3v) is 4.30. The van der Waals surface area contributed by atoms with Gasteiger partial charge in [0.2, 0.25) is 0 Å². The summed E-state index contributed by atoms with van der Waals surface area (Å²) >= 11 is 0. The van der Waals surface area contributed by atoms with Gasteiger partial charge in [-0.05, 0) is 50.4 Å². The molecule has 3 N–H and O–H groups in total. The van der Waals surface area contributed by atoms with Crippen LogP contribution in [0.5, 0.6) is 0 Å². The van der Waals surface area contributed by atoms with Gasteiger partial charge in [0, 0.05) is 18.7 Å². The molecule has 21 heavy (non-hydrogen) atoms. The Balaban J connectivity index is 2.00. The van der Waals surface area contributed by atoms with Crippen molar-refractivity contribution < 1.29 is 14.7 Å². The summed E-state index contributed by atoms with van der Waals surface area (Å²) in [4.78, 5) is 25.4. The predicted molar refractivity (Wildman–Crippen MR) is 80.1 cm³/mol. The van der Waals surface area contributed by atoms with E-state index >= 15 is 0 Å². The highest BCUT2D eigenvalue weighted by Gasteiger charge is 2.38. The van der Waals surface area contributed by atoms with Crippen LogP contribution in [0.15, 0.2) is 24.3 Å². The Morgan fingerprint density at radius 3 is 2.29 bits per heavy atom. The number of nitrogens with two attached hydrogens (primary N) is 1. The fourth-order valence-corrected chi connectivity index (χ4v) is 2.58. The van der Waals surface area contributed by atoms with Crippen LogP contribution in [0.4, 0.5) is 0 Å². The number of piperidine rings is 1. The van der Waals surface area contributed by atoms with E-state index < -0.39 is 11.4 Å². The van der Waals surface area contributed by atoms with Crippen molar-refractivity contribution in [3.8, 4) is 0 Å². The van der Waals surface area contributed by atoms with Crippen molar-refractivity contribution in [2.75, 3.05) is 19.6 Å². The summed E-state index contributed by atoms with van der Waals surface area (Å²) in [6.07, 6.45) is 1.80. The van der Waals surface area contributed by atoms with E-state index in [1.807, 2.05) is 24.3 Å². The minimum atomic E-state index is -0.777. The molecule has 5 heteroatoms. The van der Waals surface area contributed by atoms with Gasteiger partial charge in [-0.15, -0.1) is 0 Å². The van der Waals surface area contributed by atoms with Gasteiger partial charge in [-0.25, -0.2) is 0 Å². The predicted octanol–water partition coefficient (Wildman–Crippen LogP) is 1.51. The number of nitrogens with zero attached hydrogens (tertiary/aromatic N) is 1. The van der Waals surface area contributed by atoms with Crippen LogP contribution in [0.1, 0.15) is 35.7 Å². The molecule has 0 spiro atoms. The topological polar surface area (TPSA) is 83.6 Å². The lowest BCUT2D eigenvalue weighted by Crippen LogP contribution is -2.45. The zero-order valence-corrected chi connectivity index (χ0v) is 12.3. The van der Waals surface area contributed by atoms with E-state index in [-0.39, 0.29) is 5.91 Å². The van der Waals surface area contributed by atoms with Gasteiger partial charge in [0.25, 0.3) is 5.91 Å². The molecular formula is C16H22N2O3. The van der Waals surface area contributed by atoms with Gasteiger partial charge >= 0.3 is 5.97 Å². The van der Waals surface area contributed by atoms with Crippen molar-refractivity contribution in [1.29, 1.82) is 0 Å². The Hall–Kier alpha value is -1.88. The minimum absolute atomic E-state index is 0.0262. The number of amides is 1. The largest absolute Gasteiger partial charge is 0.481 e. The van der Waals surface area contributed by atoms with E-state index in [0.717, 1.165) is 12.0 Å². The molecule has 2 rings (SSSR count). The number of hydrogen-bond acceptors (Lipinski definition) is 3. The molecule has 1 saturated heterocycles. The van der Waals surface area contributed by atoms with Crippen molar-refractivity contribution in [3.63, 3.8) is 0 Å². The lowest BCUT2D eigenvalue weighted by atomic mass is 9.80. The third-order valence-electron chi connectivity index (χ3n) is 4.30. The van der Waals surface area contributed by atoms with Crippen LogP contribution in [-0.2, 0) is 11.2 Å². The molecule has 1 fully saturated rings. The first-order valence-electron chi connectivity index (χ1n) is 7.28. The van der Waals surface area contributed by atoms with Crippen LogP contribution >= 0.6 is 0 Å². The van der Waals surface area contributed by atoms with Crippen LogP contribution in [-0.4, -0.2) is 41.5 Å². The fraction of sp³-hybridized carbons (Fsp3) is 0.500. The number of hydrogen-bond donors (Lipinski definition) is 2. The summed E-state index contributed by atoms with van der Waals surface area (Å²) < 4.78 is 0. The highest BCUT2D eigenvalue weighted by molar-refractivity contribution is 5.94. The molecule has 5 nitrogen and oxygen atoms in total. The molecule has 0 unspecified atom stereocenters. The normalized spacial score (nSPS) is 17.5. The highest BCUT2D eigenvalue weighted by Crippen LogP contribution is 2.31. The maximum Gasteiger partial charge on any atom is 0.309 e. The number of likely N-dealkylation sites (tertiary alicyclic amines) is 1. The van der Waals surface area contributed by atoms with Crippen molar-refractivity contribution in [1.82, 2.24) is 4.90 Å². The van der Waals surface area contributed by atoms with Gasteiger partial charge in [-0.1, -0.05) is 12.1 Å². The molecule has 114 valence electrons. The second-order valence-corrected chi connectivity index (χ2v) is 5.89. The Kier molecular flexibility index (Phi) is 4.63. The van der Waals surface area contributed by atoms with Crippen LogP contribution in [0.25, 0.3) is 0 Å². The maximum atomic E-state index is 12.4. The number of carbonyl (C=O) groups excluding carboxylic acids is 1. The molecule has 1 heterocycles. The van der Waals surface area contributed by atoms with Crippen molar-refractivity contribution in [2.24, 2.45) is 11.1 Å². The lowest BCUT2D eigenvalue weighted by molar-refractivity contribution is -0.150. The molecule has 0 atom stereocenters. The van der Waals surface area contributed by atoms with Gasteiger partial charge in [-0.2, -0.15) is 0 Å². The zero-order valence-electron chi connectivity index (χ0n) is 12.3. The number of carboxylic acid groups (broad SMARTS) is 1. The summed E-state index contributed by atoms with van der Waals surface area (Å²) in [5.74, 6) is -0.803.